The molecule has 0 aromatic heterocycles. The van der Waals surface area contributed by atoms with Crippen LogP contribution in [0.3, 0.4) is 0 Å². The molecule has 0 aliphatic carbocycles. The summed E-state index contributed by atoms with van der Waals surface area (Å²) in [6.45, 7) is 0. The Morgan fingerprint density at radius 1 is 0.500 bits per heavy atom. The molecule has 0 atom stereocenters. The first-order valence-corrected chi connectivity index (χ1v) is 5.66. The number of aromatic hydroxyl groups is 6. The van der Waals surface area contributed by atoms with Gasteiger partial charge < -0.3 is 30.6 Å². The van der Waals surface area contributed by atoms with Crippen LogP contribution in [0.25, 0.3) is 21.5 Å². The molecule has 0 bridgehead atoms. The summed E-state index contributed by atoms with van der Waals surface area (Å²) in [4.78, 5) is 0. The summed E-state index contributed by atoms with van der Waals surface area (Å²) in [5.41, 5.74) is 0. The zero-order chi connectivity index (χ0) is 14.6. The summed E-state index contributed by atoms with van der Waals surface area (Å²) in [7, 11) is 0. The van der Waals surface area contributed by atoms with E-state index in [-0.39, 0.29) is 27.7 Å². The van der Waals surface area contributed by atoms with E-state index in [9.17, 15) is 30.6 Å². The lowest BCUT2D eigenvalue weighted by atomic mass is 10.0. The highest BCUT2D eigenvalue weighted by Gasteiger charge is 2.19. The molecular formula is C14H10O6. The van der Waals surface area contributed by atoms with Gasteiger partial charge in [0.1, 0.15) is 0 Å². The molecule has 6 heteroatoms. The topological polar surface area (TPSA) is 121 Å². The van der Waals surface area contributed by atoms with Gasteiger partial charge in [-0.15, -0.1) is 0 Å². The normalized spacial score (nSPS) is 11.2. The van der Waals surface area contributed by atoms with Crippen LogP contribution < -0.4 is 0 Å². The van der Waals surface area contributed by atoms with Crippen LogP contribution in [0, 0.1) is 0 Å². The van der Waals surface area contributed by atoms with Crippen molar-refractivity contribution in [1.29, 1.82) is 0 Å². The second kappa shape index (κ2) is 3.74. The van der Waals surface area contributed by atoms with Crippen LogP contribution in [0.2, 0.25) is 0 Å². The zero-order valence-electron chi connectivity index (χ0n) is 9.99. The van der Waals surface area contributed by atoms with Gasteiger partial charge in [-0.1, -0.05) is 6.07 Å². The minimum Gasteiger partial charge on any atom is -0.504 e. The van der Waals surface area contributed by atoms with Crippen molar-refractivity contribution in [1.82, 2.24) is 0 Å². The second-order valence-corrected chi connectivity index (χ2v) is 4.45. The number of fused-ring (bicyclic) bond motifs is 2. The minimum atomic E-state index is -0.853. The molecule has 0 aliphatic rings. The van der Waals surface area contributed by atoms with E-state index >= 15 is 0 Å². The Kier molecular flexibility index (Phi) is 2.25. The Balaban J connectivity index is 2.58. The summed E-state index contributed by atoms with van der Waals surface area (Å²) < 4.78 is 0. The molecule has 0 radical (unpaired) electrons. The molecule has 0 unspecified atom stereocenters. The standard InChI is InChI=1S/C14H10O6/c15-9-2-1-5-3-7-8(4-6(5)10(9)16)12(18)14(20)13(19)11(7)17/h1-4,15-20H. The van der Waals surface area contributed by atoms with Crippen molar-refractivity contribution in [3.63, 3.8) is 0 Å². The highest BCUT2D eigenvalue weighted by molar-refractivity contribution is 6.08. The molecule has 0 spiro atoms. The lowest BCUT2D eigenvalue weighted by Crippen LogP contribution is -1.82. The zero-order valence-corrected chi connectivity index (χ0v) is 9.99. The lowest BCUT2D eigenvalue weighted by Gasteiger charge is -2.11. The van der Waals surface area contributed by atoms with E-state index in [1.807, 2.05) is 0 Å². The van der Waals surface area contributed by atoms with E-state index < -0.39 is 23.0 Å². The van der Waals surface area contributed by atoms with Crippen LogP contribution in [0.4, 0.5) is 0 Å². The van der Waals surface area contributed by atoms with Gasteiger partial charge in [-0.2, -0.15) is 0 Å². The Bertz CT molecular complexity index is 869. The van der Waals surface area contributed by atoms with Gasteiger partial charge in [0.15, 0.2) is 23.0 Å². The molecule has 3 rings (SSSR count). The van der Waals surface area contributed by atoms with Crippen molar-refractivity contribution in [2.45, 2.75) is 0 Å². The molecule has 0 saturated heterocycles. The van der Waals surface area contributed by atoms with E-state index in [4.69, 9.17) is 0 Å². The van der Waals surface area contributed by atoms with Crippen molar-refractivity contribution in [3.05, 3.63) is 24.3 Å². The maximum Gasteiger partial charge on any atom is 0.204 e. The molecule has 0 saturated carbocycles. The molecule has 102 valence electrons. The van der Waals surface area contributed by atoms with Crippen LogP contribution in [0.5, 0.6) is 34.5 Å². The lowest BCUT2D eigenvalue weighted by molar-refractivity contribution is 0.351. The number of phenols is 6. The largest absolute Gasteiger partial charge is 0.504 e. The van der Waals surface area contributed by atoms with Crippen LogP contribution >= 0.6 is 0 Å². The summed E-state index contributed by atoms with van der Waals surface area (Å²) in [6.07, 6.45) is 0. The van der Waals surface area contributed by atoms with Crippen molar-refractivity contribution < 1.29 is 30.6 Å². The van der Waals surface area contributed by atoms with Crippen LogP contribution in [0.15, 0.2) is 24.3 Å². The van der Waals surface area contributed by atoms with Gasteiger partial charge in [-0.25, -0.2) is 0 Å². The smallest absolute Gasteiger partial charge is 0.204 e. The third-order valence-electron chi connectivity index (χ3n) is 3.29. The molecule has 6 N–H and O–H groups in total. The SMILES string of the molecule is Oc1ccc2cc3c(O)c(O)c(O)c(O)c3cc2c1O. The van der Waals surface area contributed by atoms with E-state index in [1.165, 1.54) is 24.3 Å². The summed E-state index contributed by atoms with van der Waals surface area (Å²) in [6, 6.07) is 5.50. The predicted molar refractivity (Wildman–Crippen MR) is 71.4 cm³/mol. The third kappa shape index (κ3) is 1.38. The van der Waals surface area contributed by atoms with Gasteiger partial charge in [0.25, 0.3) is 0 Å². The Morgan fingerprint density at radius 3 is 1.65 bits per heavy atom. The highest BCUT2D eigenvalue weighted by atomic mass is 16.3. The molecule has 3 aromatic carbocycles. The monoisotopic (exact) mass is 274 g/mol. The van der Waals surface area contributed by atoms with Gasteiger partial charge in [0, 0.05) is 16.2 Å². The number of hydrogen-bond acceptors (Lipinski definition) is 6. The van der Waals surface area contributed by atoms with E-state index in [2.05, 4.69) is 0 Å². The first kappa shape index (κ1) is 12.0. The molecule has 20 heavy (non-hydrogen) atoms. The summed E-state index contributed by atoms with van der Waals surface area (Å²) in [5, 5.41) is 58.8. The van der Waals surface area contributed by atoms with Gasteiger partial charge >= 0.3 is 0 Å². The fraction of sp³-hybridized carbons (Fsp3) is 0. The number of benzene rings is 3. The molecule has 3 aromatic rings. The summed E-state index contributed by atoms with van der Waals surface area (Å²) in [5.74, 6) is -3.59. The first-order valence-electron chi connectivity index (χ1n) is 5.66. The highest BCUT2D eigenvalue weighted by Crippen LogP contribution is 2.50. The van der Waals surface area contributed by atoms with Crippen LogP contribution in [-0.2, 0) is 0 Å². The third-order valence-corrected chi connectivity index (χ3v) is 3.29. The number of hydrogen-bond donors (Lipinski definition) is 6. The molecule has 0 aliphatic heterocycles. The number of rotatable bonds is 0. The fourth-order valence-electron chi connectivity index (χ4n) is 2.22. The molecule has 6 nitrogen and oxygen atoms in total. The number of phenolic OH excluding ortho intramolecular Hbond substituents is 6. The van der Waals surface area contributed by atoms with E-state index in [0.29, 0.717) is 5.39 Å². The molecular weight excluding hydrogens is 264 g/mol. The Labute approximate surface area is 112 Å². The van der Waals surface area contributed by atoms with E-state index in [1.54, 1.807) is 0 Å². The van der Waals surface area contributed by atoms with Crippen molar-refractivity contribution in [3.8, 4) is 34.5 Å². The Morgan fingerprint density at radius 2 is 1.05 bits per heavy atom. The van der Waals surface area contributed by atoms with Gasteiger partial charge in [-0.3, -0.25) is 0 Å². The maximum atomic E-state index is 9.82. The van der Waals surface area contributed by atoms with Crippen LogP contribution in [-0.4, -0.2) is 30.6 Å². The van der Waals surface area contributed by atoms with Crippen LogP contribution in [0.1, 0.15) is 0 Å². The first-order chi connectivity index (χ1) is 9.41. The molecule has 0 heterocycles. The minimum absolute atomic E-state index is 0.0335. The average Bonchev–Trinajstić information content (AvgIpc) is 2.45. The van der Waals surface area contributed by atoms with E-state index in [0.717, 1.165) is 0 Å². The molecule has 0 amide bonds. The van der Waals surface area contributed by atoms with Crippen molar-refractivity contribution >= 4 is 21.5 Å². The average molecular weight is 274 g/mol. The van der Waals surface area contributed by atoms with Crippen molar-refractivity contribution in [2.75, 3.05) is 0 Å². The Hall–Kier alpha value is -3.02. The van der Waals surface area contributed by atoms with Gasteiger partial charge in [0.05, 0.1) is 0 Å². The predicted octanol–water partition coefficient (Wildman–Crippen LogP) is 2.23. The van der Waals surface area contributed by atoms with Gasteiger partial charge in [-0.05, 0) is 23.6 Å². The van der Waals surface area contributed by atoms with Crippen molar-refractivity contribution in [2.24, 2.45) is 0 Å². The maximum absolute atomic E-state index is 9.82. The second-order valence-electron chi connectivity index (χ2n) is 4.45. The fourth-order valence-corrected chi connectivity index (χ4v) is 2.22. The molecule has 0 fully saturated rings. The quantitative estimate of drug-likeness (QED) is 0.212. The van der Waals surface area contributed by atoms with Gasteiger partial charge in [0.2, 0.25) is 11.5 Å². The summed E-state index contributed by atoms with van der Waals surface area (Å²) >= 11 is 0.